The molecule has 0 radical (unpaired) electrons. The number of carbonyl (C=O) groups is 1. The lowest BCUT2D eigenvalue weighted by Crippen LogP contribution is -2.40. The quantitative estimate of drug-likeness (QED) is 0.272. The fraction of sp³-hybridized carbons (Fsp3) is 0.381. The Morgan fingerprint density at radius 2 is 1.67 bits per heavy atom. The van der Waals surface area contributed by atoms with Gasteiger partial charge < -0.3 is 4.43 Å². The number of carbonyl (C=O) groups excluding carboxylic acids is 1. The summed E-state index contributed by atoms with van der Waals surface area (Å²) in [6, 6.07) is 12.5. The van der Waals surface area contributed by atoms with Crippen LogP contribution in [0.2, 0.25) is 18.1 Å². The van der Waals surface area contributed by atoms with Gasteiger partial charge in [0.15, 0.2) is 8.32 Å². The van der Waals surface area contributed by atoms with Crippen LogP contribution in [0.1, 0.15) is 47.8 Å². The van der Waals surface area contributed by atoms with E-state index in [1.54, 1.807) is 24.3 Å². The van der Waals surface area contributed by atoms with Gasteiger partial charge >= 0.3 is 0 Å². The fourth-order valence-electron chi connectivity index (χ4n) is 2.44. The summed E-state index contributed by atoms with van der Waals surface area (Å²) >= 11 is 0. The number of nitro groups is 1. The first-order valence-electron chi connectivity index (χ1n) is 8.98. The maximum atomic E-state index is 11.6. The van der Waals surface area contributed by atoms with Gasteiger partial charge in [-0.2, -0.15) is 0 Å². The molecule has 0 atom stereocenters. The highest BCUT2D eigenvalue weighted by atomic mass is 28.4. The predicted molar refractivity (Wildman–Crippen MR) is 110 cm³/mol. The minimum absolute atomic E-state index is 0.0510. The lowest BCUT2D eigenvalue weighted by molar-refractivity contribution is -0.385. The van der Waals surface area contributed by atoms with Crippen molar-refractivity contribution < 1.29 is 14.1 Å². The maximum Gasteiger partial charge on any atom is 0.275 e. The Balaban J connectivity index is 2.20. The van der Waals surface area contributed by atoms with Crippen molar-refractivity contribution in [2.24, 2.45) is 0 Å². The van der Waals surface area contributed by atoms with Crippen molar-refractivity contribution in [1.82, 2.24) is 0 Å². The highest BCUT2D eigenvalue weighted by Gasteiger charge is 2.37. The summed E-state index contributed by atoms with van der Waals surface area (Å²) in [7, 11) is -1.98. The minimum Gasteiger partial charge on any atom is -0.412 e. The Bertz CT molecular complexity index is 823. The van der Waals surface area contributed by atoms with Gasteiger partial charge in [0.1, 0.15) is 6.29 Å². The first-order chi connectivity index (χ1) is 12.5. The molecule has 0 fully saturated rings. The van der Waals surface area contributed by atoms with Crippen molar-refractivity contribution in [3.8, 4) is 0 Å². The van der Waals surface area contributed by atoms with E-state index in [9.17, 15) is 14.9 Å². The molecule has 0 saturated carbocycles. The number of nitro benzene ring substituents is 1. The molecule has 5 nitrogen and oxygen atoms in total. The summed E-state index contributed by atoms with van der Waals surface area (Å²) in [6.45, 7) is 11.0. The molecule has 2 rings (SSSR count). The van der Waals surface area contributed by atoms with Crippen LogP contribution in [-0.2, 0) is 17.5 Å². The first kappa shape index (κ1) is 21.0. The van der Waals surface area contributed by atoms with Crippen molar-refractivity contribution in [2.45, 2.75) is 51.9 Å². The zero-order valence-corrected chi connectivity index (χ0v) is 17.6. The molecule has 0 aliphatic rings. The molecule has 0 saturated heterocycles. The van der Waals surface area contributed by atoms with E-state index in [-0.39, 0.29) is 22.3 Å². The smallest absolute Gasteiger partial charge is 0.275 e. The van der Waals surface area contributed by atoms with Gasteiger partial charge in [-0.15, -0.1) is 0 Å². The van der Waals surface area contributed by atoms with Gasteiger partial charge in [-0.25, -0.2) is 0 Å². The predicted octanol–water partition coefficient (Wildman–Crippen LogP) is 5.52. The van der Waals surface area contributed by atoms with E-state index in [0.717, 1.165) is 17.4 Å². The maximum absolute atomic E-state index is 11.6. The number of aldehydes is 1. The third-order valence-corrected chi connectivity index (χ3v) is 9.74. The molecule has 0 aliphatic heterocycles. The van der Waals surface area contributed by atoms with Crippen molar-refractivity contribution in [2.75, 3.05) is 0 Å². The SMILES string of the molecule is CC(C)(C)[Si](C)(C)OCc1ccc(Cc2ccc(C=O)cc2)cc1[N+](=O)[O-]. The van der Waals surface area contributed by atoms with Crippen LogP contribution >= 0.6 is 0 Å². The Morgan fingerprint density at radius 3 is 2.19 bits per heavy atom. The molecule has 0 bridgehead atoms. The molecule has 2 aromatic carbocycles. The average Bonchev–Trinajstić information content (AvgIpc) is 2.60. The monoisotopic (exact) mass is 385 g/mol. The van der Waals surface area contributed by atoms with Gasteiger partial charge in [-0.1, -0.05) is 51.1 Å². The van der Waals surface area contributed by atoms with Gasteiger partial charge in [0, 0.05) is 11.6 Å². The Morgan fingerprint density at radius 1 is 1.07 bits per heavy atom. The Hall–Kier alpha value is -2.31. The van der Waals surface area contributed by atoms with Crippen LogP contribution in [0.3, 0.4) is 0 Å². The first-order valence-corrected chi connectivity index (χ1v) is 11.9. The number of hydrogen-bond acceptors (Lipinski definition) is 4. The number of rotatable bonds is 7. The Kier molecular flexibility index (Phi) is 6.33. The van der Waals surface area contributed by atoms with E-state index >= 15 is 0 Å². The topological polar surface area (TPSA) is 69.4 Å². The van der Waals surface area contributed by atoms with Gasteiger partial charge in [0.25, 0.3) is 5.69 Å². The van der Waals surface area contributed by atoms with Gasteiger partial charge in [-0.05, 0) is 41.7 Å². The molecule has 6 heteroatoms. The van der Waals surface area contributed by atoms with E-state index < -0.39 is 8.32 Å². The summed E-state index contributed by atoms with van der Waals surface area (Å²) in [5.41, 5.74) is 3.17. The van der Waals surface area contributed by atoms with Crippen LogP contribution in [0.5, 0.6) is 0 Å². The lowest BCUT2D eigenvalue weighted by atomic mass is 10.0. The van der Waals surface area contributed by atoms with Crippen molar-refractivity contribution in [3.63, 3.8) is 0 Å². The largest absolute Gasteiger partial charge is 0.412 e. The molecule has 0 spiro atoms. The summed E-state index contributed by atoms with van der Waals surface area (Å²) in [4.78, 5) is 22.0. The Labute approximate surface area is 161 Å². The van der Waals surface area contributed by atoms with Crippen LogP contribution in [0.15, 0.2) is 42.5 Å². The highest BCUT2D eigenvalue weighted by Crippen LogP contribution is 2.37. The third-order valence-electron chi connectivity index (χ3n) is 5.27. The molecular formula is C21H27NO4Si. The lowest BCUT2D eigenvalue weighted by Gasteiger charge is -2.36. The average molecular weight is 386 g/mol. The molecule has 0 aromatic heterocycles. The molecule has 2 aromatic rings. The number of benzene rings is 2. The molecule has 0 unspecified atom stereocenters. The molecule has 27 heavy (non-hydrogen) atoms. The summed E-state index contributed by atoms with van der Waals surface area (Å²) in [5.74, 6) is 0. The molecular weight excluding hydrogens is 358 g/mol. The van der Waals surface area contributed by atoms with Crippen LogP contribution in [0.4, 0.5) is 5.69 Å². The van der Waals surface area contributed by atoms with E-state index in [1.165, 1.54) is 0 Å². The summed E-state index contributed by atoms with van der Waals surface area (Å²) < 4.78 is 6.16. The minimum atomic E-state index is -1.98. The third kappa shape index (κ3) is 5.34. The van der Waals surface area contributed by atoms with Gasteiger partial charge in [0.2, 0.25) is 0 Å². The van der Waals surface area contributed by atoms with E-state index in [2.05, 4.69) is 33.9 Å². The van der Waals surface area contributed by atoms with Crippen molar-refractivity contribution in [3.05, 3.63) is 74.8 Å². The van der Waals surface area contributed by atoms with Crippen LogP contribution < -0.4 is 0 Å². The van der Waals surface area contributed by atoms with Gasteiger partial charge in [0.05, 0.1) is 17.1 Å². The molecule has 0 N–H and O–H groups in total. The van der Waals surface area contributed by atoms with Gasteiger partial charge in [-0.3, -0.25) is 14.9 Å². The number of hydrogen-bond donors (Lipinski definition) is 0. The standard InChI is InChI=1S/C21H27NO4Si/c1-21(2,3)27(4,5)26-15-19-11-10-18(13-20(19)22(24)25)12-16-6-8-17(14-23)9-7-16/h6-11,13-14H,12,15H2,1-5H3. The molecule has 0 aliphatic carbocycles. The zero-order valence-electron chi connectivity index (χ0n) is 16.6. The highest BCUT2D eigenvalue weighted by molar-refractivity contribution is 6.74. The van der Waals surface area contributed by atoms with Crippen molar-refractivity contribution >= 4 is 20.3 Å². The molecule has 0 amide bonds. The van der Waals surface area contributed by atoms with Crippen LogP contribution in [-0.4, -0.2) is 19.5 Å². The summed E-state index contributed by atoms with van der Waals surface area (Å²) in [5, 5.41) is 11.6. The molecule has 0 heterocycles. The normalized spacial score (nSPS) is 12.0. The second kappa shape index (κ2) is 8.15. The molecule has 144 valence electrons. The fourth-order valence-corrected chi connectivity index (χ4v) is 3.39. The second-order valence-electron chi connectivity index (χ2n) is 8.31. The number of nitrogens with zero attached hydrogens (tertiary/aromatic N) is 1. The summed E-state index contributed by atoms with van der Waals surface area (Å²) in [6.07, 6.45) is 1.37. The van der Waals surface area contributed by atoms with Crippen LogP contribution in [0.25, 0.3) is 0 Å². The van der Waals surface area contributed by atoms with Crippen molar-refractivity contribution in [1.29, 1.82) is 0 Å². The van der Waals surface area contributed by atoms with Crippen LogP contribution in [0, 0.1) is 10.1 Å². The van der Waals surface area contributed by atoms with E-state index in [1.807, 2.05) is 18.2 Å². The zero-order chi connectivity index (χ0) is 20.2. The van der Waals surface area contributed by atoms with E-state index in [0.29, 0.717) is 17.5 Å². The van der Waals surface area contributed by atoms with E-state index in [4.69, 9.17) is 4.43 Å². The second-order valence-corrected chi connectivity index (χ2v) is 13.1.